The average molecular weight is 322 g/mol. The lowest BCUT2D eigenvalue weighted by Crippen LogP contribution is -2.03. The topological polar surface area (TPSA) is 22.1 Å². The minimum atomic E-state index is 0.111. The van der Waals surface area contributed by atoms with E-state index in [1.807, 2.05) is 42.6 Å². The fourth-order valence-corrected chi connectivity index (χ4v) is 3.41. The van der Waals surface area contributed by atoms with Crippen LogP contribution < -0.4 is 4.74 Å². The van der Waals surface area contributed by atoms with Gasteiger partial charge in [0, 0.05) is 18.0 Å². The molecule has 0 spiro atoms. The maximum Gasteiger partial charge on any atom is 0.124 e. The van der Waals surface area contributed by atoms with Gasteiger partial charge in [0.15, 0.2) is 0 Å². The molecule has 0 radical (unpaired) electrons. The van der Waals surface area contributed by atoms with Gasteiger partial charge in [-0.15, -0.1) is 0 Å². The number of hydrogen-bond acceptors (Lipinski definition) is 2. The van der Waals surface area contributed by atoms with Gasteiger partial charge >= 0.3 is 0 Å². The van der Waals surface area contributed by atoms with Gasteiger partial charge in [-0.3, -0.25) is 4.98 Å². The molecule has 114 valence electrons. The molecule has 1 aliphatic rings. The largest absolute Gasteiger partial charge is 0.486 e. The average Bonchev–Trinajstić information content (AvgIpc) is 2.99. The molecular formula is C20H16ClNO. The maximum atomic E-state index is 6.17. The van der Waals surface area contributed by atoms with Crippen molar-refractivity contribution in [1.29, 1.82) is 0 Å². The number of benzene rings is 2. The molecule has 0 amide bonds. The van der Waals surface area contributed by atoms with Crippen LogP contribution in [0.2, 0.25) is 5.02 Å². The van der Waals surface area contributed by atoms with Crippen LogP contribution in [0.25, 0.3) is 11.1 Å². The van der Waals surface area contributed by atoms with E-state index in [9.17, 15) is 0 Å². The zero-order chi connectivity index (χ0) is 15.6. The quantitative estimate of drug-likeness (QED) is 0.638. The standard InChI is InChI=1S/C20H16ClNO/c21-15-11-14(12-22-13-15)17-7-4-8-19-18(17)9-10-20(19)23-16-5-2-1-3-6-16/h1-8,11-13,20H,9-10H2/t20-/m1/s1. The number of para-hydroxylation sites is 1. The summed E-state index contributed by atoms with van der Waals surface area (Å²) in [6.45, 7) is 0. The first-order valence-electron chi connectivity index (χ1n) is 7.76. The SMILES string of the molecule is Clc1cncc(-c2cccc3c2CC[C@H]3Oc2ccccc2)c1. The van der Waals surface area contributed by atoms with Crippen LogP contribution in [-0.2, 0) is 6.42 Å². The summed E-state index contributed by atoms with van der Waals surface area (Å²) in [6, 6.07) is 18.4. The number of pyridine rings is 1. The highest BCUT2D eigenvalue weighted by molar-refractivity contribution is 6.30. The Labute approximate surface area is 140 Å². The Morgan fingerprint density at radius 3 is 2.70 bits per heavy atom. The maximum absolute atomic E-state index is 6.17. The molecular weight excluding hydrogens is 306 g/mol. The van der Waals surface area contributed by atoms with Crippen molar-refractivity contribution < 1.29 is 4.74 Å². The second kappa shape index (κ2) is 6.05. The van der Waals surface area contributed by atoms with Gasteiger partial charge in [-0.2, -0.15) is 0 Å². The molecule has 0 bridgehead atoms. The number of nitrogens with zero attached hydrogens (tertiary/aromatic N) is 1. The number of fused-ring (bicyclic) bond motifs is 1. The second-order valence-electron chi connectivity index (χ2n) is 5.72. The summed E-state index contributed by atoms with van der Waals surface area (Å²) >= 11 is 6.09. The molecule has 1 atom stereocenters. The fourth-order valence-electron chi connectivity index (χ4n) is 3.23. The van der Waals surface area contributed by atoms with E-state index >= 15 is 0 Å². The Morgan fingerprint density at radius 2 is 1.87 bits per heavy atom. The lowest BCUT2D eigenvalue weighted by atomic mass is 9.98. The van der Waals surface area contributed by atoms with Crippen LogP contribution in [0.5, 0.6) is 5.75 Å². The van der Waals surface area contributed by atoms with Crippen LogP contribution in [0.3, 0.4) is 0 Å². The van der Waals surface area contributed by atoms with Crippen LogP contribution in [0.15, 0.2) is 67.0 Å². The van der Waals surface area contributed by atoms with Gasteiger partial charge in [0.2, 0.25) is 0 Å². The van der Waals surface area contributed by atoms with E-state index in [0.717, 1.165) is 24.2 Å². The van der Waals surface area contributed by atoms with E-state index in [4.69, 9.17) is 16.3 Å². The van der Waals surface area contributed by atoms with E-state index in [2.05, 4.69) is 23.2 Å². The van der Waals surface area contributed by atoms with Crippen LogP contribution >= 0.6 is 11.6 Å². The highest BCUT2D eigenvalue weighted by Gasteiger charge is 2.26. The molecule has 3 aromatic rings. The zero-order valence-corrected chi connectivity index (χ0v) is 13.3. The van der Waals surface area contributed by atoms with Gasteiger partial charge in [0.25, 0.3) is 0 Å². The molecule has 1 heterocycles. The summed E-state index contributed by atoms with van der Waals surface area (Å²) in [6.07, 6.45) is 5.65. The summed E-state index contributed by atoms with van der Waals surface area (Å²) in [4.78, 5) is 4.21. The number of rotatable bonds is 3. The third-order valence-electron chi connectivity index (χ3n) is 4.25. The molecule has 2 nitrogen and oxygen atoms in total. The molecule has 1 aromatic heterocycles. The predicted octanol–water partition coefficient (Wildman–Crippen LogP) is 5.47. The Kier molecular flexibility index (Phi) is 3.76. The Bertz CT molecular complexity index is 832. The molecule has 2 aromatic carbocycles. The normalized spacial score (nSPS) is 16.1. The summed E-state index contributed by atoms with van der Waals surface area (Å²) in [5.41, 5.74) is 4.88. The van der Waals surface area contributed by atoms with Crippen LogP contribution in [0.4, 0.5) is 0 Å². The first-order chi connectivity index (χ1) is 11.3. The summed E-state index contributed by atoms with van der Waals surface area (Å²) < 4.78 is 6.17. The Morgan fingerprint density at radius 1 is 1.00 bits per heavy atom. The molecule has 3 heteroatoms. The van der Waals surface area contributed by atoms with Crippen LogP contribution in [0.1, 0.15) is 23.7 Å². The highest BCUT2D eigenvalue weighted by Crippen LogP contribution is 2.40. The zero-order valence-electron chi connectivity index (χ0n) is 12.6. The van der Waals surface area contributed by atoms with Crippen molar-refractivity contribution >= 4 is 11.6 Å². The van der Waals surface area contributed by atoms with Crippen molar-refractivity contribution in [3.63, 3.8) is 0 Å². The monoisotopic (exact) mass is 321 g/mol. The molecule has 1 aliphatic carbocycles. The van der Waals surface area contributed by atoms with Gasteiger partial charge in [-0.1, -0.05) is 48.0 Å². The summed E-state index contributed by atoms with van der Waals surface area (Å²) in [5.74, 6) is 0.917. The number of ether oxygens (including phenoxy) is 1. The number of aromatic nitrogens is 1. The second-order valence-corrected chi connectivity index (χ2v) is 6.16. The van der Waals surface area contributed by atoms with E-state index < -0.39 is 0 Å². The van der Waals surface area contributed by atoms with E-state index in [-0.39, 0.29) is 6.10 Å². The first kappa shape index (κ1) is 14.3. The van der Waals surface area contributed by atoms with Gasteiger partial charge in [0.05, 0.1) is 5.02 Å². The Hall–Kier alpha value is -2.32. The summed E-state index contributed by atoms with van der Waals surface area (Å²) in [7, 11) is 0. The van der Waals surface area contributed by atoms with Crippen molar-refractivity contribution in [3.05, 3.63) is 83.1 Å². The third kappa shape index (κ3) is 2.82. The summed E-state index contributed by atoms with van der Waals surface area (Å²) in [5, 5.41) is 0.662. The highest BCUT2D eigenvalue weighted by atomic mass is 35.5. The molecule has 23 heavy (non-hydrogen) atoms. The lowest BCUT2D eigenvalue weighted by Gasteiger charge is -2.15. The lowest BCUT2D eigenvalue weighted by molar-refractivity contribution is 0.207. The van der Waals surface area contributed by atoms with Crippen molar-refractivity contribution in [2.75, 3.05) is 0 Å². The van der Waals surface area contributed by atoms with Crippen molar-refractivity contribution in [3.8, 4) is 16.9 Å². The van der Waals surface area contributed by atoms with Crippen molar-refractivity contribution in [2.45, 2.75) is 18.9 Å². The van der Waals surface area contributed by atoms with Crippen LogP contribution in [0, 0.1) is 0 Å². The minimum Gasteiger partial charge on any atom is -0.486 e. The number of hydrogen-bond donors (Lipinski definition) is 0. The molecule has 4 rings (SSSR count). The minimum absolute atomic E-state index is 0.111. The molecule has 0 fully saturated rings. The van der Waals surface area contributed by atoms with Crippen molar-refractivity contribution in [1.82, 2.24) is 4.98 Å². The van der Waals surface area contributed by atoms with E-state index in [1.165, 1.54) is 16.7 Å². The molecule has 0 unspecified atom stereocenters. The van der Waals surface area contributed by atoms with Crippen molar-refractivity contribution in [2.24, 2.45) is 0 Å². The van der Waals surface area contributed by atoms with Crippen LogP contribution in [-0.4, -0.2) is 4.98 Å². The first-order valence-corrected chi connectivity index (χ1v) is 8.13. The third-order valence-corrected chi connectivity index (χ3v) is 4.46. The van der Waals surface area contributed by atoms with Gasteiger partial charge in [-0.05, 0) is 47.7 Å². The smallest absolute Gasteiger partial charge is 0.124 e. The van der Waals surface area contributed by atoms with E-state index in [1.54, 1.807) is 6.20 Å². The van der Waals surface area contributed by atoms with E-state index in [0.29, 0.717) is 5.02 Å². The van der Waals surface area contributed by atoms with Gasteiger partial charge in [0.1, 0.15) is 11.9 Å². The van der Waals surface area contributed by atoms with Gasteiger partial charge < -0.3 is 4.74 Å². The molecule has 0 N–H and O–H groups in total. The number of halogens is 1. The van der Waals surface area contributed by atoms with Gasteiger partial charge in [-0.25, -0.2) is 0 Å². The molecule has 0 saturated carbocycles. The predicted molar refractivity (Wildman–Crippen MR) is 92.8 cm³/mol. The molecule has 0 aliphatic heterocycles. The Balaban J connectivity index is 1.69. The fraction of sp³-hybridized carbons (Fsp3) is 0.150. The molecule has 0 saturated heterocycles.